The Morgan fingerprint density at radius 3 is 2.78 bits per heavy atom. The molecule has 0 bridgehead atoms. The van der Waals surface area contributed by atoms with Crippen molar-refractivity contribution in [1.29, 1.82) is 0 Å². The van der Waals surface area contributed by atoms with Crippen molar-refractivity contribution in [3.8, 4) is 0 Å². The maximum atomic E-state index is 12.2. The van der Waals surface area contributed by atoms with Gasteiger partial charge in [0.15, 0.2) is 0 Å². The predicted molar refractivity (Wildman–Crippen MR) is 72.7 cm³/mol. The van der Waals surface area contributed by atoms with Crippen LogP contribution in [-0.4, -0.2) is 5.91 Å². The Balaban J connectivity index is 1.98. The first-order valence-electron chi connectivity index (χ1n) is 6.19. The lowest BCUT2D eigenvalue weighted by Crippen LogP contribution is -2.28. The molecule has 3 rings (SSSR count). The third kappa shape index (κ3) is 1.90. The summed E-state index contributed by atoms with van der Waals surface area (Å²) in [5, 5.41) is 2.99. The average Bonchev–Trinajstić information content (AvgIpc) is 2.38. The summed E-state index contributed by atoms with van der Waals surface area (Å²) in [5.41, 5.74) is 4.45. The zero-order chi connectivity index (χ0) is 12.5. The Hall–Kier alpha value is -2.09. The number of amides is 1. The molecule has 1 heterocycles. The van der Waals surface area contributed by atoms with Gasteiger partial charge in [0.1, 0.15) is 0 Å². The molecule has 0 radical (unpaired) electrons. The third-order valence-corrected chi connectivity index (χ3v) is 3.46. The molecule has 2 nitrogen and oxygen atoms in total. The number of carbonyl (C=O) groups is 1. The van der Waals surface area contributed by atoms with E-state index < -0.39 is 0 Å². The molecule has 0 saturated carbocycles. The second kappa shape index (κ2) is 4.30. The monoisotopic (exact) mass is 237 g/mol. The van der Waals surface area contributed by atoms with Crippen LogP contribution in [0.3, 0.4) is 0 Å². The third-order valence-electron chi connectivity index (χ3n) is 3.46. The number of nitrogens with one attached hydrogen (secondary N) is 1. The standard InChI is InChI=1S/C16H15NO/c1-11-5-4-7-12(9-11)14-10-13-6-2-3-8-15(13)17-16(14)18/h2-9,14H,10H2,1H3,(H,17,18). The lowest BCUT2D eigenvalue weighted by Gasteiger charge is -2.25. The van der Waals surface area contributed by atoms with Gasteiger partial charge in [-0.05, 0) is 30.5 Å². The molecule has 1 N–H and O–H groups in total. The van der Waals surface area contributed by atoms with E-state index in [0.29, 0.717) is 0 Å². The zero-order valence-electron chi connectivity index (χ0n) is 10.3. The average molecular weight is 237 g/mol. The van der Waals surface area contributed by atoms with Gasteiger partial charge >= 0.3 is 0 Å². The van der Waals surface area contributed by atoms with Crippen LogP contribution in [0.15, 0.2) is 48.5 Å². The molecule has 1 aliphatic rings. The topological polar surface area (TPSA) is 29.1 Å². The van der Waals surface area contributed by atoms with Crippen molar-refractivity contribution in [3.05, 3.63) is 65.2 Å². The summed E-state index contributed by atoms with van der Waals surface area (Å²) in [4.78, 5) is 12.2. The van der Waals surface area contributed by atoms with Crippen molar-refractivity contribution in [2.75, 3.05) is 5.32 Å². The normalized spacial score (nSPS) is 18.1. The molecule has 0 saturated heterocycles. The molecule has 0 aromatic heterocycles. The molecule has 1 aliphatic heterocycles. The van der Waals surface area contributed by atoms with Crippen molar-refractivity contribution in [3.63, 3.8) is 0 Å². The largest absolute Gasteiger partial charge is 0.325 e. The summed E-state index contributed by atoms with van der Waals surface area (Å²) in [7, 11) is 0. The van der Waals surface area contributed by atoms with Crippen LogP contribution in [0.25, 0.3) is 0 Å². The number of anilines is 1. The van der Waals surface area contributed by atoms with E-state index in [2.05, 4.69) is 30.4 Å². The van der Waals surface area contributed by atoms with E-state index in [-0.39, 0.29) is 11.8 Å². The summed E-state index contributed by atoms with van der Waals surface area (Å²) >= 11 is 0. The van der Waals surface area contributed by atoms with Crippen LogP contribution in [0.4, 0.5) is 5.69 Å². The number of carbonyl (C=O) groups excluding carboxylic acids is 1. The van der Waals surface area contributed by atoms with Gasteiger partial charge in [0, 0.05) is 5.69 Å². The summed E-state index contributed by atoms with van der Waals surface area (Å²) < 4.78 is 0. The summed E-state index contributed by atoms with van der Waals surface area (Å²) in [6.45, 7) is 2.05. The maximum Gasteiger partial charge on any atom is 0.232 e. The Labute approximate surface area is 107 Å². The van der Waals surface area contributed by atoms with Gasteiger partial charge in [-0.25, -0.2) is 0 Å². The van der Waals surface area contributed by atoms with Crippen LogP contribution < -0.4 is 5.32 Å². The highest BCUT2D eigenvalue weighted by atomic mass is 16.1. The van der Waals surface area contributed by atoms with Gasteiger partial charge in [0.2, 0.25) is 5.91 Å². The van der Waals surface area contributed by atoms with Crippen molar-refractivity contribution < 1.29 is 4.79 Å². The van der Waals surface area contributed by atoms with E-state index >= 15 is 0 Å². The van der Waals surface area contributed by atoms with Crippen molar-refractivity contribution in [2.45, 2.75) is 19.3 Å². The number of fused-ring (bicyclic) bond motifs is 1. The number of benzene rings is 2. The first-order chi connectivity index (χ1) is 8.74. The van der Waals surface area contributed by atoms with Crippen LogP contribution in [0, 0.1) is 6.92 Å². The lowest BCUT2D eigenvalue weighted by molar-refractivity contribution is -0.117. The molecule has 1 amide bonds. The quantitative estimate of drug-likeness (QED) is 0.810. The fourth-order valence-corrected chi connectivity index (χ4v) is 2.51. The van der Waals surface area contributed by atoms with Gasteiger partial charge < -0.3 is 5.32 Å². The van der Waals surface area contributed by atoms with E-state index in [4.69, 9.17) is 0 Å². The van der Waals surface area contributed by atoms with Crippen LogP contribution in [-0.2, 0) is 11.2 Å². The molecular weight excluding hydrogens is 222 g/mol. The number of hydrogen-bond donors (Lipinski definition) is 1. The SMILES string of the molecule is Cc1cccc(C2Cc3ccccc3NC2=O)c1. The fraction of sp³-hybridized carbons (Fsp3) is 0.188. The minimum atomic E-state index is -0.0696. The maximum absolute atomic E-state index is 12.2. The van der Waals surface area contributed by atoms with Gasteiger partial charge in [0.05, 0.1) is 5.92 Å². The molecule has 0 fully saturated rings. The summed E-state index contributed by atoms with van der Waals surface area (Å²) in [6.07, 6.45) is 0.783. The summed E-state index contributed by atoms with van der Waals surface area (Å²) in [6, 6.07) is 16.2. The second-order valence-corrected chi connectivity index (χ2v) is 4.82. The Morgan fingerprint density at radius 2 is 1.94 bits per heavy atom. The number of para-hydroxylation sites is 1. The highest BCUT2D eigenvalue weighted by molar-refractivity contribution is 5.98. The van der Waals surface area contributed by atoms with Crippen molar-refractivity contribution >= 4 is 11.6 Å². The second-order valence-electron chi connectivity index (χ2n) is 4.82. The molecule has 90 valence electrons. The first kappa shape index (κ1) is 11.0. The molecule has 1 unspecified atom stereocenters. The molecule has 0 aliphatic carbocycles. The first-order valence-corrected chi connectivity index (χ1v) is 6.19. The van der Waals surface area contributed by atoms with Gasteiger partial charge in [-0.2, -0.15) is 0 Å². The number of rotatable bonds is 1. The highest BCUT2D eigenvalue weighted by Gasteiger charge is 2.27. The van der Waals surface area contributed by atoms with E-state index in [0.717, 1.165) is 17.7 Å². The fourth-order valence-electron chi connectivity index (χ4n) is 2.51. The van der Waals surface area contributed by atoms with Gasteiger partial charge in [-0.3, -0.25) is 4.79 Å². The molecule has 2 heteroatoms. The molecule has 0 spiro atoms. The minimum absolute atomic E-state index is 0.0696. The van der Waals surface area contributed by atoms with Crippen LogP contribution >= 0.6 is 0 Å². The Bertz CT molecular complexity index is 604. The Kier molecular flexibility index (Phi) is 2.63. The van der Waals surface area contributed by atoms with Crippen molar-refractivity contribution in [1.82, 2.24) is 0 Å². The molecular formula is C16H15NO. The molecule has 2 aromatic carbocycles. The number of hydrogen-bond acceptors (Lipinski definition) is 1. The summed E-state index contributed by atoms with van der Waals surface area (Å²) in [5.74, 6) is 0.0269. The number of aryl methyl sites for hydroxylation is 1. The van der Waals surface area contributed by atoms with Crippen molar-refractivity contribution in [2.24, 2.45) is 0 Å². The van der Waals surface area contributed by atoms with Gasteiger partial charge in [-0.15, -0.1) is 0 Å². The zero-order valence-corrected chi connectivity index (χ0v) is 10.3. The predicted octanol–water partition coefficient (Wildman–Crippen LogP) is 3.27. The van der Waals surface area contributed by atoms with Gasteiger partial charge in [0.25, 0.3) is 0 Å². The van der Waals surface area contributed by atoms with Crippen LogP contribution in [0.5, 0.6) is 0 Å². The van der Waals surface area contributed by atoms with E-state index in [1.807, 2.05) is 30.3 Å². The van der Waals surface area contributed by atoms with E-state index in [1.165, 1.54) is 11.1 Å². The minimum Gasteiger partial charge on any atom is -0.325 e. The van der Waals surface area contributed by atoms with Gasteiger partial charge in [-0.1, -0.05) is 48.0 Å². The van der Waals surface area contributed by atoms with E-state index in [9.17, 15) is 4.79 Å². The molecule has 1 atom stereocenters. The molecule has 18 heavy (non-hydrogen) atoms. The van der Waals surface area contributed by atoms with Crippen LogP contribution in [0.2, 0.25) is 0 Å². The van der Waals surface area contributed by atoms with Crippen LogP contribution in [0.1, 0.15) is 22.6 Å². The lowest BCUT2D eigenvalue weighted by atomic mass is 9.87. The Morgan fingerprint density at radius 1 is 1.11 bits per heavy atom. The highest BCUT2D eigenvalue weighted by Crippen LogP contribution is 2.31. The smallest absolute Gasteiger partial charge is 0.232 e. The van der Waals surface area contributed by atoms with E-state index in [1.54, 1.807) is 0 Å². The molecule has 2 aromatic rings.